The quantitative estimate of drug-likeness (QED) is 0.881. The topological polar surface area (TPSA) is 35.6 Å². The van der Waals surface area contributed by atoms with E-state index in [4.69, 9.17) is 0 Å². The number of benzene rings is 1. The van der Waals surface area contributed by atoms with E-state index in [0.717, 1.165) is 57.5 Å². The van der Waals surface area contributed by atoms with Gasteiger partial charge in [0.2, 0.25) is 5.91 Å². The number of nitrogens with zero attached hydrogens (tertiary/aromatic N) is 2. The van der Waals surface area contributed by atoms with Crippen molar-refractivity contribution >= 4 is 5.91 Å². The average molecular weight is 359 g/mol. The SMILES string of the molecule is CN1CCN(C(=O)C2(c3ccc(F)cc3)CC2(C)C)CC12CCNCC2. The number of hydrogen-bond acceptors (Lipinski definition) is 3. The Balaban J connectivity index is 1.62. The molecule has 0 radical (unpaired) electrons. The van der Waals surface area contributed by atoms with Crippen molar-refractivity contribution < 1.29 is 9.18 Å². The Labute approximate surface area is 155 Å². The zero-order valence-electron chi connectivity index (χ0n) is 16.1. The lowest BCUT2D eigenvalue weighted by atomic mass is 9.82. The number of rotatable bonds is 2. The van der Waals surface area contributed by atoms with Crippen molar-refractivity contribution in [2.45, 2.75) is 44.1 Å². The second kappa shape index (κ2) is 6.03. The minimum atomic E-state index is -0.495. The maximum atomic E-state index is 13.7. The molecule has 1 saturated carbocycles. The van der Waals surface area contributed by atoms with Gasteiger partial charge in [-0.1, -0.05) is 26.0 Å². The third kappa shape index (κ3) is 2.59. The van der Waals surface area contributed by atoms with Gasteiger partial charge in [0.05, 0.1) is 5.41 Å². The highest BCUT2D eigenvalue weighted by Crippen LogP contribution is 2.65. The van der Waals surface area contributed by atoms with E-state index in [1.165, 1.54) is 12.1 Å². The van der Waals surface area contributed by atoms with E-state index >= 15 is 0 Å². The average Bonchev–Trinajstić information content (AvgIpc) is 3.22. The molecule has 1 aromatic rings. The molecule has 2 saturated heterocycles. The molecule has 1 aromatic carbocycles. The van der Waals surface area contributed by atoms with Crippen molar-refractivity contribution in [3.8, 4) is 0 Å². The van der Waals surface area contributed by atoms with Crippen LogP contribution in [0.4, 0.5) is 4.39 Å². The lowest BCUT2D eigenvalue weighted by Gasteiger charge is -2.52. The van der Waals surface area contributed by atoms with E-state index in [-0.39, 0.29) is 22.7 Å². The highest BCUT2D eigenvalue weighted by molar-refractivity contribution is 5.93. The minimum Gasteiger partial charge on any atom is -0.339 e. The van der Waals surface area contributed by atoms with Crippen LogP contribution >= 0.6 is 0 Å². The summed E-state index contributed by atoms with van der Waals surface area (Å²) in [7, 11) is 2.20. The largest absolute Gasteiger partial charge is 0.339 e. The van der Waals surface area contributed by atoms with Gasteiger partial charge < -0.3 is 10.2 Å². The molecule has 4 rings (SSSR count). The highest BCUT2D eigenvalue weighted by atomic mass is 19.1. The monoisotopic (exact) mass is 359 g/mol. The molecule has 1 amide bonds. The molecule has 0 bridgehead atoms. The molecule has 0 aromatic heterocycles. The first kappa shape index (κ1) is 17.9. The fourth-order valence-electron chi connectivity index (χ4n) is 5.27. The molecule has 1 aliphatic carbocycles. The molecule has 5 heteroatoms. The molecule has 142 valence electrons. The molecule has 1 spiro atoms. The Morgan fingerprint density at radius 1 is 1.12 bits per heavy atom. The van der Waals surface area contributed by atoms with E-state index < -0.39 is 5.41 Å². The molecule has 3 fully saturated rings. The van der Waals surface area contributed by atoms with Gasteiger partial charge in [0.25, 0.3) is 0 Å². The van der Waals surface area contributed by atoms with Crippen LogP contribution in [-0.2, 0) is 10.2 Å². The standard InChI is InChI=1S/C21H30FN3O/c1-19(2)14-21(19,16-4-6-17(22)7-5-16)18(26)25-13-12-24(3)20(15-25)8-10-23-11-9-20/h4-7,23H,8-15H2,1-3H3. The minimum absolute atomic E-state index is 0.0768. The molecule has 4 nitrogen and oxygen atoms in total. The van der Waals surface area contributed by atoms with Crippen LogP contribution in [0.25, 0.3) is 0 Å². The number of likely N-dealkylation sites (N-methyl/N-ethyl adjacent to an activating group) is 1. The number of amides is 1. The van der Waals surface area contributed by atoms with Crippen molar-refractivity contribution in [1.82, 2.24) is 15.1 Å². The van der Waals surface area contributed by atoms with E-state index in [1.54, 1.807) is 12.1 Å². The normalized spacial score (nSPS) is 30.4. The lowest BCUT2D eigenvalue weighted by molar-refractivity contribution is -0.141. The smallest absolute Gasteiger partial charge is 0.233 e. The Morgan fingerprint density at radius 3 is 2.31 bits per heavy atom. The van der Waals surface area contributed by atoms with Gasteiger partial charge in [-0.25, -0.2) is 4.39 Å². The van der Waals surface area contributed by atoms with Gasteiger partial charge in [-0.2, -0.15) is 0 Å². The predicted octanol–water partition coefficient (Wildman–Crippen LogP) is 2.39. The Morgan fingerprint density at radius 2 is 1.73 bits per heavy atom. The van der Waals surface area contributed by atoms with Crippen LogP contribution in [0, 0.1) is 11.2 Å². The summed E-state index contributed by atoms with van der Waals surface area (Å²) in [5, 5.41) is 3.44. The van der Waals surface area contributed by atoms with E-state index in [2.05, 4.69) is 36.0 Å². The first-order chi connectivity index (χ1) is 12.3. The van der Waals surface area contributed by atoms with Gasteiger partial charge in [-0.05, 0) is 62.5 Å². The van der Waals surface area contributed by atoms with E-state index in [9.17, 15) is 9.18 Å². The Kier molecular flexibility index (Phi) is 4.16. The summed E-state index contributed by atoms with van der Waals surface area (Å²) in [5.74, 6) is -0.0109. The maximum Gasteiger partial charge on any atom is 0.233 e. The van der Waals surface area contributed by atoms with Crippen LogP contribution < -0.4 is 5.32 Å². The van der Waals surface area contributed by atoms with Gasteiger partial charge in [-0.3, -0.25) is 9.69 Å². The first-order valence-electron chi connectivity index (χ1n) is 9.78. The fraction of sp³-hybridized carbons (Fsp3) is 0.667. The summed E-state index contributed by atoms with van der Waals surface area (Å²) < 4.78 is 13.4. The fourth-order valence-corrected chi connectivity index (χ4v) is 5.27. The summed E-state index contributed by atoms with van der Waals surface area (Å²) >= 11 is 0. The molecule has 1 N–H and O–H groups in total. The number of carbonyl (C=O) groups is 1. The zero-order chi connectivity index (χ0) is 18.6. The van der Waals surface area contributed by atoms with Gasteiger partial charge in [0.15, 0.2) is 0 Å². The first-order valence-corrected chi connectivity index (χ1v) is 9.78. The summed E-state index contributed by atoms with van der Waals surface area (Å²) in [6.45, 7) is 8.86. The summed E-state index contributed by atoms with van der Waals surface area (Å²) in [6.07, 6.45) is 3.01. The zero-order valence-corrected chi connectivity index (χ0v) is 16.1. The molecule has 26 heavy (non-hydrogen) atoms. The van der Waals surface area contributed by atoms with Crippen LogP contribution in [0.5, 0.6) is 0 Å². The van der Waals surface area contributed by atoms with Gasteiger partial charge in [0.1, 0.15) is 5.82 Å². The van der Waals surface area contributed by atoms with Crippen LogP contribution in [0.2, 0.25) is 0 Å². The molecular weight excluding hydrogens is 329 g/mol. The predicted molar refractivity (Wildman–Crippen MR) is 101 cm³/mol. The van der Waals surface area contributed by atoms with E-state index in [1.807, 2.05) is 0 Å². The molecule has 3 aliphatic rings. The number of halogens is 1. The molecule has 1 atom stereocenters. The summed E-state index contributed by atoms with van der Waals surface area (Å²) in [4.78, 5) is 18.3. The van der Waals surface area contributed by atoms with Crippen molar-refractivity contribution in [1.29, 1.82) is 0 Å². The third-order valence-electron chi connectivity index (χ3n) is 7.26. The number of piperidine rings is 1. The third-order valence-corrected chi connectivity index (χ3v) is 7.26. The van der Waals surface area contributed by atoms with Gasteiger partial charge in [0, 0.05) is 25.2 Å². The maximum absolute atomic E-state index is 13.7. The van der Waals surface area contributed by atoms with Crippen molar-refractivity contribution in [2.24, 2.45) is 5.41 Å². The second-order valence-electron chi connectivity index (χ2n) is 9.10. The van der Waals surface area contributed by atoms with Crippen LogP contribution in [0.1, 0.15) is 38.7 Å². The van der Waals surface area contributed by atoms with Gasteiger partial charge >= 0.3 is 0 Å². The van der Waals surface area contributed by atoms with Crippen molar-refractivity contribution in [3.63, 3.8) is 0 Å². The molecular formula is C21H30FN3O. The second-order valence-corrected chi connectivity index (χ2v) is 9.10. The van der Waals surface area contributed by atoms with Crippen LogP contribution in [-0.4, -0.2) is 61.0 Å². The van der Waals surface area contributed by atoms with Crippen LogP contribution in [0.3, 0.4) is 0 Å². The van der Waals surface area contributed by atoms with Gasteiger partial charge in [-0.15, -0.1) is 0 Å². The number of hydrogen-bond donors (Lipinski definition) is 1. The number of nitrogens with one attached hydrogen (secondary N) is 1. The van der Waals surface area contributed by atoms with E-state index in [0.29, 0.717) is 0 Å². The Hall–Kier alpha value is -1.46. The molecule has 2 heterocycles. The lowest BCUT2D eigenvalue weighted by Crippen LogP contribution is -2.65. The molecule has 2 aliphatic heterocycles. The van der Waals surface area contributed by atoms with Crippen molar-refractivity contribution in [3.05, 3.63) is 35.6 Å². The number of piperazine rings is 1. The van der Waals surface area contributed by atoms with Crippen molar-refractivity contribution in [2.75, 3.05) is 39.8 Å². The summed E-state index contributed by atoms with van der Waals surface area (Å²) in [6, 6.07) is 6.57. The highest BCUT2D eigenvalue weighted by Gasteiger charge is 2.68. The summed E-state index contributed by atoms with van der Waals surface area (Å²) in [5.41, 5.74) is 0.492. The van der Waals surface area contributed by atoms with Crippen LogP contribution in [0.15, 0.2) is 24.3 Å². The molecule has 1 unspecified atom stereocenters. The Bertz CT molecular complexity index is 696. The number of carbonyl (C=O) groups excluding carboxylic acids is 1.